The van der Waals surface area contributed by atoms with Gasteiger partial charge < -0.3 is 10.2 Å². The summed E-state index contributed by atoms with van der Waals surface area (Å²) in [4.78, 5) is 23.4. The molecule has 1 aliphatic heterocycles. The highest BCUT2D eigenvalue weighted by Crippen LogP contribution is 2.28. The molecule has 7 nitrogen and oxygen atoms in total. The van der Waals surface area contributed by atoms with E-state index in [1.807, 2.05) is 30.5 Å². The highest BCUT2D eigenvalue weighted by molar-refractivity contribution is 5.81. The van der Waals surface area contributed by atoms with Gasteiger partial charge in [-0.3, -0.25) is 4.79 Å². The lowest BCUT2D eigenvalue weighted by Gasteiger charge is -2.39. The molecule has 1 fully saturated rings. The molecule has 1 aliphatic rings. The quantitative estimate of drug-likeness (QED) is 0.456. The maximum atomic E-state index is 12.7. The molecule has 1 saturated heterocycles. The van der Waals surface area contributed by atoms with Gasteiger partial charge in [0.25, 0.3) is 0 Å². The van der Waals surface area contributed by atoms with Crippen molar-refractivity contribution in [2.75, 3.05) is 24.5 Å². The molecule has 0 unspecified atom stereocenters. The first-order chi connectivity index (χ1) is 16.3. The molecular formula is C26H26N6O. The molecule has 0 bridgehead atoms. The summed E-state index contributed by atoms with van der Waals surface area (Å²) in [5.41, 5.74) is 2.54. The Hall–Kier alpha value is -4.00. The average molecular weight is 439 g/mol. The van der Waals surface area contributed by atoms with Crippen LogP contribution in [-0.4, -0.2) is 45.3 Å². The van der Waals surface area contributed by atoms with Crippen LogP contribution in [0.25, 0.3) is 5.82 Å². The third kappa shape index (κ3) is 4.77. The zero-order chi connectivity index (χ0) is 22.5. The van der Waals surface area contributed by atoms with Crippen LogP contribution in [0, 0.1) is 5.92 Å². The molecule has 0 radical (unpaired) electrons. The van der Waals surface area contributed by atoms with Crippen molar-refractivity contribution in [3.05, 3.63) is 103 Å². The summed E-state index contributed by atoms with van der Waals surface area (Å²) < 4.78 is 1.70. The van der Waals surface area contributed by atoms with Crippen LogP contribution in [0.5, 0.6) is 0 Å². The van der Waals surface area contributed by atoms with E-state index >= 15 is 0 Å². The summed E-state index contributed by atoms with van der Waals surface area (Å²) >= 11 is 0. The fourth-order valence-electron chi connectivity index (χ4n) is 4.25. The number of hydrogen-bond acceptors (Lipinski definition) is 5. The highest BCUT2D eigenvalue weighted by atomic mass is 16.2. The van der Waals surface area contributed by atoms with Crippen LogP contribution in [0.1, 0.15) is 23.5 Å². The molecule has 3 heterocycles. The predicted octanol–water partition coefficient (Wildman–Crippen LogP) is 3.44. The van der Waals surface area contributed by atoms with E-state index in [1.165, 1.54) is 17.5 Å². The first-order valence-corrected chi connectivity index (χ1v) is 11.2. The fraction of sp³-hybridized carbons (Fsp3) is 0.231. The van der Waals surface area contributed by atoms with Gasteiger partial charge in [0.1, 0.15) is 12.1 Å². The van der Waals surface area contributed by atoms with Crippen LogP contribution < -0.4 is 10.2 Å². The van der Waals surface area contributed by atoms with Crippen LogP contribution in [0.3, 0.4) is 0 Å². The third-order valence-corrected chi connectivity index (χ3v) is 6.09. The number of amides is 1. The topological polar surface area (TPSA) is 75.9 Å². The zero-order valence-electron chi connectivity index (χ0n) is 18.3. The van der Waals surface area contributed by atoms with Gasteiger partial charge in [0.05, 0.1) is 5.92 Å². The highest BCUT2D eigenvalue weighted by Gasteiger charge is 2.33. The zero-order valence-corrected chi connectivity index (χ0v) is 18.3. The van der Waals surface area contributed by atoms with Crippen molar-refractivity contribution in [3.63, 3.8) is 0 Å². The predicted molar refractivity (Wildman–Crippen MR) is 127 cm³/mol. The van der Waals surface area contributed by atoms with Gasteiger partial charge in [0.2, 0.25) is 5.91 Å². The summed E-state index contributed by atoms with van der Waals surface area (Å²) in [5.74, 6) is 1.86. The normalized spacial score (nSPS) is 13.7. The van der Waals surface area contributed by atoms with E-state index in [-0.39, 0.29) is 17.7 Å². The van der Waals surface area contributed by atoms with E-state index in [4.69, 9.17) is 0 Å². The van der Waals surface area contributed by atoms with Crippen LogP contribution >= 0.6 is 0 Å². The summed E-state index contributed by atoms with van der Waals surface area (Å²) in [6, 6.07) is 24.7. The summed E-state index contributed by atoms with van der Waals surface area (Å²) in [5, 5.41) is 7.36. The standard InChI is InChI=1S/C26H26N6O/c33-26(22-17-31(18-22)24-16-25(29-19-28-24)32-15-7-13-30-32)27-14-12-23(20-8-3-1-4-9-20)21-10-5-2-6-11-21/h1-11,13,15-16,19,22-23H,12,14,17-18H2,(H,27,33). The monoisotopic (exact) mass is 438 g/mol. The first kappa shape index (κ1) is 20.9. The fourth-order valence-corrected chi connectivity index (χ4v) is 4.25. The molecule has 5 rings (SSSR count). The smallest absolute Gasteiger partial charge is 0.226 e. The first-order valence-electron chi connectivity index (χ1n) is 11.2. The summed E-state index contributed by atoms with van der Waals surface area (Å²) in [6.07, 6.45) is 5.95. The van der Waals surface area contributed by atoms with Crippen molar-refractivity contribution in [2.24, 2.45) is 5.92 Å². The molecule has 0 spiro atoms. The van der Waals surface area contributed by atoms with Crippen molar-refractivity contribution in [2.45, 2.75) is 12.3 Å². The molecule has 0 saturated carbocycles. The lowest BCUT2D eigenvalue weighted by Crippen LogP contribution is -2.54. The van der Waals surface area contributed by atoms with Gasteiger partial charge >= 0.3 is 0 Å². The Morgan fingerprint density at radius 3 is 2.24 bits per heavy atom. The molecule has 1 N–H and O–H groups in total. The van der Waals surface area contributed by atoms with Crippen LogP contribution in [-0.2, 0) is 4.79 Å². The Labute approximate surface area is 193 Å². The number of hydrogen-bond donors (Lipinski definition) is 1. The molecule has 4 aromatic rings. The summed E-state index contributed by atoms with van der Waals surface area (Å²) in [7, 11) is 0. The molecular weight excluding hydrogens is 412 g/mol. The largest absolute Gasteiger partial charge is 0.356 e. The molecule has 166 valence electrons. The Bertz CT molecular complexity index is 1130. The molecule has 7 heteroatoms. The molecule has 2 aromatic carbocycles. The van der Waals surface area contributed by atoms with Gasteiger partial charge in [-0.1, -0.05) is 60.7 Å². The molecule has 1 amide bonds. The van der Waals surface area contributed by atoms with Gasteiger partial charge in [-0.05, 0) is 23.6 Å². The Morgan fingerprint density at radius 2 is 1.61 bits per heavy atom. The van der Waals surface area contributed by atoms with Crippen molar-refractivity contribution >= 4 is 11.7 Å². The third-order valence-electron chi connectivity index (χ3n) is 6.09. The van der Waals surface area contributed by atoms with E-state index in [9.17, 15) is 4.79 Å². The van der Waals surface area contributed by atoms with Crippen LogP contribution in [0.4, 0.5) is 5.82 Å². The van der Waals surface area contributed by atoms with Gasteiger partial charge in [-0.2, -0.15) is 5.10 Å². The van der Waals surface area contributed by atoms with Gasteiger partial charge in [-0.15, -0.1) is 0 Å². The number of aromatic nitrogens is 4. The maximum Gasteiger partial charge on any atom is 0.226 e. The Balaban J connectivity index is 1.15. The maximum absolute atomic E-state index is 12.7. The lowest BCUT2D eigenvalue weighted by atomic mass is 9.88. The second-order valence-corrected chi connectivity index (χ2v) is 8.24. The van der Waals surface area contributed by atoms with Gasteiger partial charge in [-0.25, -0.2) is 14.6 Å². The molecule has 0 atom stereocenters. The number of benzene rings is 2. The SMILES string of the molecule is O=C(NCCC(c1ccccc1)c1ccccc1)C1CN(c2cc(-n3cccn3)ncn2)C1. The van der Waals surface area contributed by atoms with Crippen LogP contribution in [0.15, 0.2) is 91.5 Å². The van der Waals surface area contributed by atoms with Crippen molar-refractivity contribution < 1.29 is 4.79 Å². The molecule has 0 aliphatic carbocycles. The van der Waals surface area contributed by atoms with E-state index in [0.717, 1.165) is 12.2 Å². The molecule has 33 heavy (non-hydrogen) atoms. The Kier molecular flexibility index (Phi) is 6.10. The van der Waals surface area contributed by atoms with Gasteiger partial charge in [0, 0.05) is 44.0 Å². The lowest BCUT2D eigenvalue weighted by molar-refractivity contribution is -0.125. The minimum absolute atomic E-state index is 0.0278. The van der Waals surface area contributed by atoms with Gasteiger partial charge in [0.15, 0.2) is 5.82 Å². The van der Waals surface area contributed by atoms with E-state index in [0.29, 0.717) is 25.5 Å². The van der Waals surface area contributed by atoms with E-state index in [2.05, 4.69) is 73.8 Å². The van der Waals surface area contributed by atoms with Crippen molar-refractivity contribution in [3.8, 4) is 5.82 Å². The van der Waals surface area contributed by atoms with E-state index in [1.54, 1.807) is 10.9 Å². The summed E-state index contributed by atoms with van der Waals surface area (Å²) in [6.45, 7) is 1.95. The second-order valence-electron chi connectivity index (χ2n) is 8.24. The minimum Gasteiger partial charge on any atom is -0.356 e. The number of anilines is 1. The van der Waals surface area contributed by atoms with Crippen LogP contribution in [0.2, 0.25) is 0 Å². The van der Waals surface area contributed by atoms with Crippen molar-refractivity contribution in [1.29, 1.82) is 0 Å². The Morgan fingerprint density at radius 1 is 0.939 bits per heavy atom. The second kappa shape index (κ2) is 9.65. The number of nitrogens with zero attached hydrogens (tertiary/aromatic N) is 5. The number of carbonyl (C=O) groups is 1. The number of rotatable bonds is 8. The van der Waals surface area contributed by atoms with Crippen molar-refractivity contribution in [1.82, 2.24) is 25.1 Å². The molecule has 2 aromatic heterocycles. The minimum atomic E-state index is -0.0278. The van der Waals surface area contributed by atoms with E-state index < -0.39 is 0 Å². The number of carbonyl (C=O) groups excluding carboxylic acids is 1. The number of nitrogens with one attached hydrogen (secondary N) is 1. The average Bonchev–Trinajstić information content (AvgIpc) is 3.37.